The number of hydrogen-bond acceptors (Lipinski definition) is 2. The summed E-state index contributed by atoms with van der Waals surface area (Å²) in [6.45, 7) is 0. The van der Waals surface area contributed by atoms with E-state index in [1.807, 2.05) is 0 Å². The van der Waals surface area contributed by atoms with Crippen molar-refractivity contribution in [3.05, 3.63) is 0 Å². The van der Waals surface area contributed by atoms with E-state index in [4.69, 9.17) is 11.6 Å². The van der Waals surface area contributed by atoms with Crippen LogP contribution in [0, 0.1) is 5.92 Å². The van der Waals surface area contributed by atoms with Crippen molar-refractivity contribution >= 4 is 11.6 Å². The summed E-state index contributed by atoms with van der Waals surface area (Å²) in [6.07, 6.45) is -12.9. The van der Waals surface area contributed by atoms with E-state index in [0.717, 1.165) is 0 Å². The van der Waals surface area contributed by atoms with Crippen LogP contribution in [0.25, 0.3) is 0 Å². The Morgan fingerprint density at radius 1 is 1.12 bits per heavy atom. The maximum Gasteiger partial charge on any atom is 0.415 e. The lowest BCUT2D eigenvalue weighted by Gasteiger charge is -2.41. The fourth-order valence-corrected chi connectivity index (χ4v) is 3.23. The Kier molecular flexibility index (Phi) is 2.66. The first-order chi connectivity index (χ1) is 7.52. The molecule has 2 nitrogen and oxygen atoms in total. The van der Waals surface area contributed by atoms with Crippen molar-refractivity contribution in [3.8, 4) is 0 Å². The first kappa shape index (κ1) is 13.2. The minimum absolute atomic E-state index is 0.606. The van der Waals surface area contributed by atoms with Crippen LogP contribution in [0.3, 0.4) is 0 Å². The van der Waals surface area contributed by atoms with Crippen LogP contribution in [-0.2, 0) is 0 Å². The van der Waals surface area contributed by atoms with E-state index >= 15 is 0 Å². The number of halogens is 7. The van der Waals surface area contributed by atoms with Crippen molar-refractivity contribution in [2.75, 3.05) is 0 Å². The molecule has 0 aromatic rings. The van der Waals surface area contributed by atoms with Crippen molar-refractivity contribution in [1.29, 1.82) is 0 Å². The molecule has 0 aromatic carbocycles. The molecule has 1 saturated carbocycles. The Hall–Kier alpha value is -0.210. The summed E-state index contributed by atoms with van der Waals surface area (Å²) in [5, 5.41) is 9.34. The summed E-state index contributed by atoms with van der Waals surface area (Å²) < 4.78 is 76.5. The maximum absolute atomic E-state index is 12.7. The van der Waals surface area contributed by atoms with Gasteiger partial charge in [-0.1, -0.05) is 0 Å². The zero-order valence-electron chi connectivity index (χ0n) is 8.11. The molecule has 2 fully saturated rings. The number of hydrogen-bond donors (Lipinski definition) is 2. The molecular weight excluding hydrogens is 276 g/mol. The molecule has 4 atom stereocenters. The predicted octanol–water partition coefficient (Wildman–Crippen LogP) is 1.81. The van der Waals surface area contributed by atoms with E-state index in [-0.39, 0.29) is 0 Å². The van der Waals surface area contributed by atoms with Gasteiger partial charge >= 0.3 is 12.4 Å². The Morgan fingerprint density at radius 3 is 1.82 bits per heavy atom. The zero-order chi connectivity index (χ0) is 13.2. The second kappa shape index (κ2) is 3.42. The second-order valence-electron chi connectivity index (χ2n) is 4.33. The van der Waals surface area contributed by atoms with Gasteiger partial charge in [0.2, 0.25) is 5.54 Å². The highest BCUT2D eigenvalue weighted by Gasteiger charge is 2.81. The lowest BCUT2D eigenvalue weighted by Crippen LogP contribution is -2.70. The highest BCUT2D eigenvalue weighted by atomic mass is 35.5. The Morgan fingerprint density at radius 2 is 1.59 bits per heavy atom. The molecule has 0 unspecified atom stereocenters. The average Bonchev–Trinajstić information content (AvgIpc) is 2.53. The first-order valence-corrected chi connectivity index (χ1v) is 5.19. The highest BCUT2D eigenvalue weighted by Crippen LogP contribution is 2.58. The molecular formula is C8H8ClF6NO. The van der Waals surface area contributed by atoms with E-state index in [9.17, 15) is 31.4 Å². The fourth-order valence-electron chi connectivity index (χ4n) is 2.71. The number of fused-ring (bicyclic) bond motifs is 2. The van der Waals surface area contributed by atoms with Gasteiger partial charge < -0.3 is 5.11 Å². The minimum Gasteiger partial charge on any atom is -0.391 e. The molecule has 1 aliphatic carbocycles. The predicted molar refractivity (Wildman–Crippen MR) is 45.5 cm³/mol. The molecule has 0 spiro atoms. The lowest BCUT2D eigenvalue weighted by molar-refractivity contribution is -0.320. The third-order valence-corrected chi connectivity index (χ3v) is 4.06. The molecule has 2 aliphatic rings. The van der Waals surface area contributed by atoms with Gasteiger partial charge in [-0.3, -0.25) is 5.32 Å². The van der Waals surface area contributed by atoms with Crippen LogP contribution < -0.4 is 5.32 Å². The van der Waals surface area contributed by atoms with E-state index in [2.05, 4.69) is 0 Å². The van der Waals surface area contributed by atoms with Crippen LogP contribution >= 0.6 is 11.6 Å². The Labute approximate surface area is 96.9 Å². The lowest BCUT2D eigenvalue weighted by atomic mass is 9.82. The third-order valence-electron chi connectivity index (χ3n) is 3.48. The van der Waals surface area contributed by atoms with Gasteiger partial charge in [-0.2, -0.15) is 26.3 Å². The molecule has 17 heavy (non-hydrogen) atoms. The number of aliphatic hydroxyl groups excluding tert-OH is 1. The Balaban J connectivity index is 2.48. The average molecular weight is 284 g/mol. The minimum atomic E-state index is -5.50. The highest BCUT2D eigenvalue weighted by molar-refractivity contribution is 6.22. The monoisotopic (exact) mass is 283 g/mol. The SMILES string of the molecule is O[C@@H]1C[C@H]2[C@@H](Cl)[C@H]1NC2(C(F)(F)F)C(F)(F)F. The molecule has 2 N–H and O–H groups in total. The van der Waals surface area contributed by atoms with Gasteiger partial charge in [0.1, 0.15) is 0 Å². The van der Waals surface area contributed by atoms with Crippen LogP contribution in [0.15, 0.2) is 0 Å². The van der Waals surface area contributed by atoms with Gasteiger partial charge in [-0.05, 0) is 6.42 Å². The van der Waals surface area contributed by atoms with E-state index in [1.54, 1.807) is 0 Å². The molecule has 0 radical (unpaired) electrons. The maximum atomic E-state index is 12.7. The molecule has 1 heterocycles. The van der Waals surface area contributed by atoms with Crippen LogP contribution in [0.5, 0.6) is 0 Å². The number of piperidine rings is 1. The van der Waals surface area contributed by atoms with Gasteiger partial charge in [-0.15, -0.1) is 11.6 Å². The van der Waals surface area contributed by atoms with E-state index in [1.165, 1.54) is 5.32 Å². The summed E-state index contributed by atoms with van der Waals surface area (Å²) in [7, 11) is 0. The van der Waals surface area contributed by atoms with Gasteiger partial charge in [0, 0.05) is 5.92 Å². The number of alkyl halides is 7. The summed E-state index contributed by atoms with van der Waals surface area (Å²) in [6, 6.07) is -1.38. The van der Waals surface area contributed by atoms with Crippen LogP contribution in [0.1, 0.15) is 6.42 Å². The molecule has 2 rings (SSSR count). The normalized spacial score (nSPS) is 40.9. The first-order valence-electron chi connectivity index (χ1n) is 4.75. The quantitative estimate of drug-likeness (QED) is 0.525. The molecule has 0 amide bonds. The smallest absolute Gasteiger partial charge is 0.391 e. The van der Waals surface area contributed by atoms with Crippen LogP contribution in [-0.4, -0.2) is 40.5 Å². The third kappa shape index (κ3) is 1.50. The molecule has 0 aromatic heterocycles. The van der Waals surface area contributed by atoms with Gasteiger partial charge in [0.15, 0.2) is 0 Å². The van der Waals surface area contributed by atoms with Crippen molar-refractivity contribution in [3.63, 3.8) is 0 Å². The van der Waals surface area contributed by atoms with Crippen LogP contribution in [0.4, 0.5) is 26.3 Å². The Bertz CT molecular complexity index is 315. The molecule has 1 aliphatic heterocycles. The second-order valence-corrected chi connectivity index (χ2v) is 4.83. The summed E-state index contributed by atoms with van der Waals surface area (Å²) >= 11 is 5.54. The van der Waals surface area contributed by atoms with Crippen molar-refractivity contribution in [2.45, 2.75) is 41.8 Å². The molecule has 9 heteroatoms. The van der Waals surface area contributed by atoms with Gasteiger partial charge in [0.05, 0.1) is 17.5 Å². The van der Waals surface area contributed by atoms with E-state index < -0.39 is 47.8 Å². The summed E-state index contributed by atoms with van der Waals surface area (Å²) in [5.41, 5.74) is -4.00. The summed E-state index contributed by atoms with van der Waals surface area (Å²) in [4.78, 5) is 0. The summed E-state index contributed by atoms with van der Waals surface area (Å²) in [5.74, 6) is -1.90. The largest absolute Gasteiger partial charge is 0.415 e. The molecule has 1 saturated heterocycles. The standard InChI is InChI=1S/C8H8ClF6NO/c9-4-2-1-3(17)5(4)16-6(2,7(10,11)12)8(13,14)15/h2-5,16-17H,1H2/t2-,3+,4+,5-/m0/s1. The van der Waals surface area contributed by atoms with E-state index in [0.29, 0.717) is 0 Å². The van der Waals surface area contributed by atoms with Crippen molar-refractivity contribution < 1.29 is 31.4 Å². The number of nitrogens with one attached hydrogen (secondary N) is 1. The van der Waals surface area contributed by atoms with Crippen molar-refractivity contribution in [2.24, 2.45) is 5.92 Å². The topological polar surface area (TPSA) is 32.3 Å². The fraction of sp³-hybridized carbons (Fsp3) is 1.00. The number of rotatable bonds is 0. The van der Waals surface area contributed by atoms with Crippen molar-refractivity contribution in [1.82, 2.24) is 5.32 Å². The number of aliphatic hydroxyl groups is 1. The zero-order valence-corrected chi connectivity index (χ0v) is 8.87. The van der Waals surface area contributed by atoms with Crippen LogP contribution in [0.2, 0.25) is 0 Å². The molecule has 100 valence electrons. The molecule has 2 bridgehead atoms. The van der Waals surface area contributed by atoms with Gasteiger partial charge in [-0.25, -0.2) is 0 Å². The van der Waals surface area contributed by atoms with Gasteiger partial charge in [0.25, 0.3) is 0 Å².